The third kappa shape index (κ3) is 1.98. The van der Waals surface area contributed by atoms with Crippen molar-refractivity contribution in [1.29, 1.82) is 0 Å². The molecule has 62 valence electrons. The molecule has 0 spiro atoms. The first-order chi connectivity index (χ1) is 5.38. The van der Waals surface area contributed by atoms with Gasteiger partial charge in [-0.3, -0.25) is 0 Å². The minimum absolute atomic E-state index is 0.953. The number of hydrogen-bond acceptors (Lipinski definition) is 3. The van der Waals surface area contributed by atoms with Crippen molar-refractivity contribution >= 4 is 0 Å². The molecule has 1 rings (SSSR count). The van der Waals surface area contributed by atoms with E-state index in [1.165, 1.54) is 0 Å². The van der Waals surface area contributed by atoms with E-state index in [0.29, 0.717) is 0 Å². The lowest BCUT2D eigenvalue weighted by Crippen LogP contribution is -2.38. The summed E-state index contributed by atoms with van der Waals surface area (Å²) in [5.41, 5.74) is 0. The Bertz CT molecular complexity index is 161. The fraction of sp³-hybridized carbons (Fsp3) is 0.500. The molecular weight excluding hydrogens is 140 g/mol. The molecule has 0 amide bonds. The van der Waals surface area contributed by atoms with E-state index in [0.717, 1.165) is 13.1 Å². The van der Waals surface area contributed by atoms with Crippen molar-refractivity contribution in [2.75, 3.05) is 13.1 Å². The molecule has 1 aliphatic rings. The first kappa shape index (κ1) is 8.14. The summed E-state index contributed by atoms with van der Waals surface area (Å²) >= 11 is 0. The summed E-state index contributed by atoms with van der Waals surface area (Å²) in [4.78, 5) is 5.21. The molecule has 0 fully saturated rings. The van der Waals surface area contributed by atoms with Gasteiger partial charge in [-0.1, -0.05) is 13.8 Å². The summed E-state index contributed by atoms with van der Waals surface area (Å²) < 4.78 is 0. The number of rotatable bonds is 3. The SMILES string of the molecule is CCN(CC)N1C=CC=CO1. The van der Waals surface area contributed by atoms with Crippen LogP contribution >= 0.6 is 0 Å². The van der Waals surface area contributed by atoms with E-state index in [4.69, 9.17) is 4.84 Å². The van der Waals surface area contributed by atoms with Crippen molar-refractivity contribution in [2.24, 2.45) is 0 Å². The van der Waals surface area contributed by atoms with Gasteiger partial charge in [0.25, 0.3) is 0 Å². The van der Waals surface area contributed by atoms with Crippen LogP contribution in [0.5, 0.6) is 0 Å². The number of nitrogens with zero attached hydrogens (tertiary/aromatic N) is 2. The summed E-state index contributed by atoms with van der Waals surface area (Å²) in [6, 6.07) is 0. The maximum absolute atomic E-state index is 5.21. The van der Waals surface area contributed by atoms with Gasteiger partial charge in [-0.05, 0) is 12.2 Å². The molecule has 11 heavy (non-hydrogen) atoms. The molecule has 0 aromatic rings. The van der Waals surface area contributed by atoms with Crippen molar-refractivity contribution in [2.45, 2.75) is 13.8 Å². The fourth-order valence-electron chi connectivity index (χ4n) is 0.965. The molecular formula is C8H14N2O. The topological polar surface area (TPSA) is 15.7 Å². The van der Waals surface area contributed by atoms with E-state index in [1.807, 2.05) is 18.4 Å². The van der Waals surface area contributed by atoms with Gasteiger partial charge in [0.1, 0.15) is 6.26 Å². The lowest BCUT2D eigenvalue weighted by atomic mass is 10.5. The van der Waals surface area contributed by atoms with Crippen molar-refractivity contribution in [3.63, 3.8) is 0 Å². The van der Waals surface area contributed by atoms with Gasteiger partial charge in [-0.2, -0.15) is 5.01 Å². The minimum Gasteiger partial charge on any atom is -0.372 e. The molecule has 0 aliphatic carbocycles. The fourth-order valence-corrected chi connectivity index (χ4v) is 0.965. The molecule has 0 unspecified atom stereocenters. The predicted molar refractivity (Wildman–Crippen MR) is 44.1 cm³/mol. The highest BCUT2D eigenvalue weighted by Gasteiger charge is 2.07. The van der Waals surface area contributed by atoms with Gasteiger partial charge in [-0.15, -0.1) is 5.17 Å². The molecule has 0 saturated heterocycles. The number of hydroxylamine groups is 1. The second-order valence-corrected chi connectivity index (χ2v) is 2.22. The zero-order valence-corrected chi connectivity index (χ0v) is 7.03. The highest BCUT2D eigenvalue weighted by atomic mass is 16.7. The smallest absolute Gasteiger partial charge is 0.121 e. The van der Waals surface area contributed by atoms with Crippen molar-refractivity contribution in [3.05, 3.63) is 24.6 Å². The van der Waals surface area contributed by atoms with Crippen LogP contribution in [0.3, 0.4) is 0 Å². The summed E-state index contributed by atoms with van der Waals surface area (Å²) in [6.45, 7) is 6.10. The molecule has 1 heterocycles. The highest BCUT2D eigenvalue weighted by Crippen LogP contribution is 2.04. The Kier molecular flexibility index (Phi) is 2.98. The maximum atomic E-state index is 5.21. The molecule has 0 aromatic heterocycles. The molecule has 0 aromatic carbocycles. The molecule has 0 saturated carbocycles. The third-order valence-corrected chi connectivity index (χ3v) is 1.58. The van der Waals surface area contributed by atoms with E-state index < -0.39 is 0 Å². The lowest BCUT2D eigenvalue weighted by molar-refractivity contribution is -0.210. The van der Waals surface area contributed by atoms with E-state index in [-0.39, 0.29) is 0 Å². The third-order valence-electron chi connectivity index (χ3n) is 1.58. The molecule has 3 nitrogen and oxygen atoms in total. The van der Waals surface area contributed by atoms with E-state index in [1.54, 1.807) is 11.4 Å². The van der Waals surface area contributed by atoms with Gasteiger partial charge in [0.15, 0.2) is 0 Å². The standard InChI is InChI=1S/C8H14N2O/c1-3-9(4-2)10-7-5-6-8-11-10/h5-8H,3-4H2,1-2H3. The monoisotopic (exact) mass is 154 g/mol. The van der Waals surface area contributed by atoms with Gasteiger partial charge in [0, 0.05) is 13.1 Å². The summed E-state index contributed by atoms with van der Waals surface area (Å²) in [5, 5.41) is 3.82. The molecule has 0 radical (unpaired) electrons. The van der Waals surface area contributed by atoms with Gasteiger partial charge < -0.3 is 4.84 Å². The van der Waals surface area contributed by atoms with Crippen LogP contribution in [0.25, 0.3) is 0 Å². The normalized spacial score (nSPS) is 15.7. The lowest BCUT2D eigenvalue weighted by Gasteiger charge is -2.30. The number of hydrazine groups is 1. The minimum atomic E-state index is 0.953. The van der Waals surface area contributed by atoms with Crippen LogP contribution in [-0.2, 0) is 4.84 Å². The number of hydrogen-bond donors (Lipinski definition) is 0. The number of allylic oxidation sites excluding steroid dienone is 2. The van der Waals surface area contributed by atoms with Crippen LogP contribution in [0.4, 0.5) is 0 Å². The van der Waals surface area contributed by atoms with Crippen LogP contribution in [-0.4, -0.2) is 23.3 Å². The zero-order valence-electron chi connectivity index (χ0n) is 7.03. The van der Waals surface area contributed by atoms with Crippen molar-refractivity contribution < 1.29 is 4.84 Å². The Labute approximate surface area is 67.5 Å². The average Bonchev–Trinajstić information content (AvgIpc) is 2.09. The first-order valence-electron chi connectivity index (χ1n) is 3.92. The zero-order chi connectivity index (χ0) is 8.10. The molecule has 0 atom stereocenters. The maximum Gasteiger partial charge on any atom is 0.121 e. The van der Waals surface area contributed by atoms with Gasteiger partial charge >= 0.3 is 0 Å². The predicted octanol–water partition coefficient (Wildman–Crippen LogP) is 1.52. The van der Waals surface area contributed by atoms with Crippen molar-refractivity contribution in [1.82, 2.24) is 10.2 Å². The molecule has 3 heteroatoms. The second kappa shape index (κ2) is 4.03. The quantitative estimate of drug-likeness (QED) is 0.613. The second-order valence-electron chi connectivity index (χ2n) is 2.22. The largest absolute Gasteiger partial charge is 0.372 e. The van der Waals surface area contributed by atoms with E-state index in [2.05, 4.69) is 18.9 Å². The Morgan fingerprint density at radius 3 is 2.45 bits per heavy atom. The van der Waals surface area contributed by atoms with Crippen molar-refractivity contribution in [3.8, 4) is 0 Å². The Hall–Kier alpha value is -0.960. The average molecular weight is 154 g/mol. The summed E-state index contributed by atoms with van der Waals surface area (Å²) in [6.07, 6.45) is 7.37. The van der Waals surface area contributed by atoms with Gasteiger partial charge in [0.2, 0.25) is 0 Å². The summed E-state index contributed by atoms with van der Waals surface area (Å²) in [7, 11) is 0. The molecule has 0 bridgehead atoms. The molecule has 0 N–H and O–H groups in total. The Morgan fingerprint density at radius 1 is 1.27 bits per heavy atom. The summed E-state index contributed by atoms with van der Waals surface area (Å²) in [5.74, 6) is 0. The van der Waals surface area contributed by atoms with E-state index in [9.17, 15) is 0 Å². The van der Waals surface area contributed by atoms with E-state index >= 15 is 0 Å². The van der Waals surface area contributed by atoms with Gasteiger partial charge in [-0.25, -0.2) is 0 Å². The van der Waals surface area contributed by atoms with Crippen LogP contribution in [0.2, 0.25) is 0 Å². The van der Waals surface area contributed by atoms with Crippen LogP contribution in [0.15, 0.2) is 24.6 Å². The van der Waals surface area contributed by atoms with Crippen LogP contribution in [0, 0.1) is 0 Å². The van der Waals surface area contributed by atoms with Crippen LogP contribution in [0.1, 0.15) is 13.8 Å². The highest BCUT2D eigenvalue weighted by molar-refractivity contribution is 5.00. The van der Waals surface area contributed by atoms with Crippen LogP contribution < -0.4 is 0 Å². The Morgan fingerprint density at radius 2 is 2.00 bits per heavy atom. The Balaban J connectivity index is 2.45. The first-order valence-corrected chi connectivity index (χ1v) is 3.92. The molecule has 1 aliphatic heterocycles. The van der Waals surface area contributed by atoms with Gasteiger partial charge in [0.05, 0.1) is 6.20 Å².